The third kappa shape index (κ3) is 1.90. The Kier molecular flexibility index (Phi) is 1.51. The Balaban J connectivity index is 2.31. The molecule has 0 aromatic rings. The van der Waals surface area contributed by atoms with Gasteiger partial charge in [-0.3, -0.25) is 0 Å². The van der Waals surface area contributed by atoms with Crippen molar-refractivity contribution < 1.29 is 13.5 Å². The lowest BCUT2D eigenvalue weighted by atomic mass is 10.2. The second kappa shape index (κ2) is 1.91. The molecule has 1 aliphatic rings. The summed E-state index contributed by atoms with van der Waals surface area (Å²) in [5.41, 5.74) is -0.440. The van der Waals surface area contributed by atoms with Crippen LogP contribution in [0.25, 0.3) is 0 Å². The van der Waals surface area contributed by atoms with Crippen molar-refractivity contribution in [2.45, 2.75) is 44.8 Å². The van der Waals surface area contributed by atoms with Gasteiger partial charge in [0.1, 0.15) is 6.10 Å². The number of hydrogen-bond donors (Lipinski definition) is 0. The predicted octanol–water partition coefficient (Wildman–Crippen LogP) is 2.21. The highest BCUT2D eigenvalue weighted by Crippen LogP contribution is 2.45. The summed E-state index contributed by atoms with van der Waals surface area (Å²) in [7, 11) is 0. The fourth-order valence-corrected chi connectivity index (χ4v) is 0.743. The lowest BCUT2D eigenvalue weighted by Crippen LogP contribution is -2.22. The number of ether oxygens (including phenoxy) is 1. The molecule has 0 bridgehead atoms. The Morgan fingerprint density at radius 3 is 1.90 bits per heavy atom. The molecule has 10 heavy (non-hydrogen) atoms. The van der Waals surface area contributed by atoms with Crippen LogP contribution in [0.2, 0.25) is 0 Å². The van der Waals surface area contributed by atoms with E-state index in [1.54, 1.807) is 20.8 Å². The Morgan fingerprint density at radius 2 is 1.80 bits per heavy atom. The zero-order valence-corrected chi connectivity index (χ0v) is 6.45. The topological polar surface area (TPSA) is 9.23 Å². The summed E-state index contributed by atoms with van der Waals surface area (Å²) in [6.45, 7) is 5.34. The third-order valence-corrected chi connectivity index (χ3v) is 1.26. The molecule has 1 nitrogen and oxygen atoms in total. The van der Waals surface area contributed by atoms with Crippen LogP contribution in [0.15, 0.2) is 0 Å². The van der Waals surface area contributed by atoms with Crippen molar-refractivity contribution >= 4 is 0 Å². The van der Waals surface area contributed by atoms with E-state index in [0.29, 0.717) is 0 Å². The van der Waals surface area contributed by atoms with Crippen LogP contribution in [0.3, 0.4) is 0 Å². The van der Waals surface area contributed by atoms with E-state index in [9.17, 15) is 8.78 Å². The van der Waals surface area contributed by atoms with Gasteiger partial charge in [-0.15, -0.1) is 0 Å². The van der Waals surface area contributed by atoms with Gasteiger partial charge >= 0.3 is 0 Å². The van der Waals surface area contributed by atoms with Crippen molar-refractivity contribution in [2.24, 2.45) is 0 Å². The van der Waals surface area contributed by atoms with Crippen molar-refractivity contribution in [3.05, 3.63) is 0 Å². The zero-order valence-electron chi connectivity index (χ0n) is 6.45. The van der Waals surface area contributed by atoms with E-state index in [2.05, 4.69) is 0 Å². The van der Waals surface area contributed by atoms with E-state index in [0.717, 1.165) is 0 Å². The number of alkyl halides is 2. The summed E-state index contributed by atoms with van der Waals surface area (Å²) in [4.78, 5) is 0. The first kappa shape index (κ1) is 7.92. The minimum atomic E-state index is -2.55. The van der Waals surface area contributed by atoms with Crippen molar-refractivity contribution in [1.82, 2.24) is 0 Å². The van der Waals surface area contributed by atoms with Gasteiger partial charge < -0.3 is 4.74 Å². The molecule has 1 unspecified atom stereocenters. The average Bonchev–Trinajstić information content (AvgIpc) is 2.05. The molecule has 1 saturated carbocycles. The maximum atomic E-state index is 12.2. The highest BCUT2D eigenvalue weighted by atomic mass is 19.3. The normalized spacial score (nSPS) is 30.3. The molecule has 0 radical (unpaired) electrons. The molecule has 1 atom stereocenters. The molecule has 0 heterocycles. The largest absolute Gasteiger partial charge is 0.366 e. The summed E-state index contributed by atoms with van der Waals surface area (Å²) < 4.78 is 29.4. The number of rotatable bonds is 1. The summed E-state index contributed by atoms with van der Waals surface area (Å²) in [5.74, 6) is -2.55. The molecule has 1 rings (SSSR count). The summed E-state index contributed by atoms with van der Waals surface area (Å²) in [5, 5.41) is 0. The molecule has 0 saturated heterocycles. The van der Waals surface area contributed by atoms with E-state index >= 15 is 0 Å². The lowest BCUT2D eigenvalue weighted by molar-refractivity contribution is -0.0631. The summed E-state index contributed by atoms with van der Waals surface area (Å²) in [6, 6.07) is 0. The highest BCUT2D eigenvalue weighted by molar-refractivity contribution is 4.98. The second-order valence-electron chi connectivity index (χ2n) is 3.68. The fourth-order valence-electron chi connectivity index (χ4n) is 0.743. The Morgan fingerprint density at radius 1 is 1.40 bits per heavy atom. The Hall–Kier alpha value is -0.180. The number of halogens is 2. The van der Waals surface area contributed by atoms with E-state index in [-0.39, 0.29) is 6.42 Å². The molecule has 3 heteroatoms. The van der Waals surface area contributed by atoms with E-state index in [1.807, 2.05) is 0 Å². The lowest BCUT2D eigenvalue weighted by Gasteiger charge is -2.18. The highest BCUT2D eigenvalue weighted by Gasteiger charge is 2.59. The van der Waals surface area contributed by atoms with Gasteiger partial charge in [-0.1, -0.05) is 0 Å². The van der Waals surface area contributed by atoms with Crippen molar-refractivity contribution in [3.63, 3.8) is 0 Å². The number of hydrogen-bond acceptors (Lipinski definition) is 1. The minimum absolute atomic E-state index is 0.107. The monoisotopic (exact) mass is 150 g/mol. The Labute approximate surface area is 59.4 Å². The van der Waals surface area contributed by atoms with Crippen LogP contribution in [0, 0.1) is 0 Å². The molecule has 0 aromatic heterocycles. The van der Waals surface area contributed by atoms with Gasteiger partial charge in [0.05, 0.1) is 5.60 Å². The van der Waals surface area contributed by atoms with Crippen molar-refractivity contribution in [3.8, 4) is 0 Å². The molecular formula is C7H12F2O. The Bertz CT molecular complexity index is 137. The van der Waals surface area contributed by atoms with Gasteiger partial charge in [-0.2, -0.15) is 0 Å². The first-order valence-corrected chi connectivity index (χ1v) is 3.37. The van der Waals surface area contributed by atoms with Gasteiger partial charge in [0.15, 0.2) is 0 Å². The molecule has 0 aliphatic heterocycles. The predicted molar refractivity (Wildman–Crippen MR) is 34.2 cm³/mol. The van der Waals surface area contributed by atoms with Crippen LogP contribution in [0.1, 0.15) is 27.2 Å². The molecule has 0 spiro atoms. The standard InChI is InChI=1S/C7H12F2O/c1-6(2,3)10-5-4-7(5,8)9/h5H,4H2,1-3H3. The first-order valence-electron chi connectivity index (χ1n) is 3.37. The van der Waals surface area contributed by atoms with Crippen LogP contribution in [-0.4, -0.2) is 17.6 Å². The molecule has 1 aliphatic carbocycles. The van der Waals surface area contributed by atoms with Crippen molar-refractivity contribution in [2.75, 3.05) is 0 Å². The van der Waals surface area contributed by atoms with Crippen LogP contribution in [0.5, 0.6) is 0 Å². The quantitative estimate of drug-likeness (QED) is 0.556. The van der Waals surface area contributed by atoms with Crippen LogP contribution < -0.4 is 0 Å². The van der Waals surface area contributed by atoms with Crippen molar-refractivity contribution in [1.29, 1.82) is 0 Å². The summed E-state index contributed by atoms with van der Waals surface area (Å²) >= 11 is 0. The van der Waals surface area contributed by atoms with Gasteiger partial charge in [-0.25, -0.2) is 8.78 Å². The first-order chi connectivity index (χ1) is 4.31. The molecule has 0 N–H and O–H groups in total. The van der Waals surface area contributed by atoms with Crippen LogP contribution in [-0.2, 0) is 4.74 Å². The van der Waals surface area contributed by atoms with E-state index in [1.165, 1.54) is 0 Å². The zero-order chi connectivity index (χ0) is 7.99. The molecular weight excluding hydrogens is 138 g/mol. The van der Waals surface area contributed by atoms with Gasteiger partial charge in [0.2, 0.25) is 0 Å². The van der Waals surface area contributed by atoms with Gasteiger partial charge in [0, 0.05) is 6.42 Å². The molecule has 0 aromatic carbocycles. The minimum Gasteiger partial charge on any atom is -0.366 e. The smallest absolute Gasteiger partial charge is 0.276 e. The summed E-state index contributed by atoms with van der Waals surface area (Å²) in [6.07, 6.45) is -0.933. The molecule has 1 fully saturated rings. The van der Waals surface area contributed by atoms with Gasteiger partial charge in [-0.05, 0) is 20.8 Å². The van der Waals surface area contributed by atoms with Crippen LogP contribution in [0.4, 0.5) is 8.78 Å². The fraction of sp³-hybridized carbons (Fsp3) is 1.00. The molecule has 0 amide bonds. The van der Waals surface area contributed by atoms with E-state index < -0.39 is 17.6 Å². The SMILES string of the molecule is CC(C)(C)OC1CC1(F)F. The van der Waals surface area contributed by atoms with Gasteiger partial charge in [0.25, 0.3) is 5.92 Å². The third-order valence-electron chi connectivity index (χ3n) is 1.26. The van der Waals surface area contributed by atoms with E-state index in [4.69, 9.17) is 4.74 Å². The second-order valence-corrected chi connectivity index (χ2v) is 3.68. The molecule has 60 valence electrons. The maximum Gasteiger partial charge on any atom is 0.276 e. The maximum absolute atomic E-state index is 12.2. The average molecular weight is 150 g/mol. The van der Waals surface area contributed by atoms with Crippen LogP contribution >= 0.6 is 0 Å².